The standard InChI is InChI=1S/C15H11IN2O5/c16-12-8-10(18(20)21)2-3-11(12)15(19)17-9-1-4-13-14(7-9)23-6-5-22-13/h1-4,7-8H,5-6H2,(H,17,19). The van der Waals surface area contributed by atoms with Crippen LogP contribution >= 0.6 is 22.6 Å². The first kappa shape index (κ1) is 15.5. The van der Waals surface area contributed by atoms with Crippen molar-refractivity contribution in [2.75, 3.05) is 18.5 Å². The average Bonchev–Trinajstić information content (AvgIpc) is 2.54. The number of hydrogen-bond donors (Lipinski definition) is 1. The van der Waals surface area contributed by atoms with Crippen LogP contribution in [0.2, 0.25) is 0 Å². The Kier molecular flexibility index (Phi) is 4.33. The predicted octanol–water partition coefficient (Wildman–Crippen LogP) is 3.22. The van der Waals surface area contributed by atoms with Crippen LogP contribution < -0.4 is 14.8 Å². The first-order valence-corrected chi connectivity index (χ1v) is 7.77. The molecule has 2 aromatic rings. The van der Waals surface area contributed by atoms with Gasteiger partial charge in [-0.25, -0.2) is 0 Å². The molecular formula is C15H11IN2O5. The van der Waals surface area contributed by atoms with Crippen LogP contribution in [-0.4, -0.2) is 24.0 Å². The zero-order valence-electron chi connectivity index (χ0n) is 11.7. The molecule has 118 valence electrons. The molecule has 0 saturated heterocycles. The Morgan fingerprint density at radius 3 is 2.57 bits per heavy atom. The lowest BCUT2D eigenvalue weighted by atomic mass is 10.2. The molecule has 1 amide bonds. The summed E-state index contributed by atoms with van der Waals surface area (Å²) in [5.74, 6) is 0.868. The van der Waals surface area contributed by atoms with Crippen molar-refractivity contribution < 1.29 is 19.2 Å². The van der Waals surface area contributed by atoms with Gasteiger partial charge in [0.1, 0.15) is 13.2 Å². The maximum atomic E-state index is 12.3. The molecule has 2 aromatic carbocycles. The van der Waals surface area contributed by atoms with Crippen LogP contribution in [0.1, 0.15) is 10.4 Å². The van der Waals surface area contributed by atoms with Gasteiger partial charge in [0.15, 0.2) is 11.5 Å². The van der Waals surface area contributed by atoms with E-state index in [4.69, 9.17) is 9.47 Å². The molecule has 23 heavy (non-hydrogen) atoms. The van der Waals surface area contributed by atoms with Crippen LogP contribution in [0.5, 0.6) is 11.5 Å². The van der Waals surface area contributed by atoms with Gasteiger partial charge in [-0.2, -0.15) is 0 Å². The molecule has 7 nitrogen and oxygen atoms in total. The van der Waals surface area contributed by atoms with Gasteiger partial charge < -0.3 is 14.8 Å². The summed E-state index contributed by atoms with van der Waals surface area (Å²) >= 11 is 1.90. The molecule has 8 heteroatoms. The molecule has 0 bridgehead atoms. The Morgan fingerprint density at radius 1 is 1.13 bits per heavy atom. The number of halogens is 1. The van der Waals surface area contributed by atoms with E-state index in [-0.39, 0.29) is 11.6 Å². The lowest BCUT2D eigenvalue weighted by Crippen LogP contribution is -2.17. The molecule has 0 aliphatic carbocycles. The first-order valence-electron chi connectivity index (χ1n) is 6.69. The van der Waals surface area contributed by atoms with E-state index in [1.54, 1.807) is 18.2 Å². The highest BCUT2D eigenvalue weighted by atomic mass is 127. The lowest BCUT2D eigenvalue weighted by molar-refractivity contribution is -0.384. The van der Waals surface area contributed by atoms with E-state index < -0.39 is 4.92 Å². The highest BCUT2D eigenvalue weighted by Crippen LogP contribution is 2.32. The molecule has 0 fully saturated rings. The lowest BCUT2D eigenvalue weighted by Gasteiger charge is -2.19. The molecule has 1 heterocycles. The van der Waals surface area contributed by atoms with Gasteiger partial charge in [-0.05, 0) is 40.8 Å². The van der Waals surface area contributed by atoms with Crippen LogP contribution in [0.25, 0.3) is 0 Å². The molecule has 1 aliphatic rings. The summed E-state index contributed by atoms with van der Waals surface area (Å²) < 4.78 is 11.4. The van der Waals surface area contributed by atoms with E-state index in [0.717, 1.165) is 0 Å². The third-order valence-corrected chi connectivity index (χ3v) is 4.10. The monoisotopic (exact) mass is 426 g/mol. The van der Waals surface area contributed by atoms with E-state index in [9.17, 15) is 14.9 Å². The number of rotatable bonds is 3. The van der Waals surface area contributed by atoms with Crippen molar-refractivity contribution >= 4 is 39.9 Å². The van der Waals surface area contributed by atoms with Gasteiger partial charge in [0.05, 0.1) is 10.5 Å². The smallest absolute Gasteiger partial charge is 0.270 e. The summed E-state index contributed by atoms with van der Waals surface area (Å²) in [4.78, 5) is 22.6. The Morgan fingerprint density at radius 2 is 1.87 bits per heavy atom. The maximum Gasteiger partial charge on any atom is 0.270 e. The normalized spacial score (nSPS) is 12.6. The number of benzene rings is 2. The number of amides is 1. The summed E-state index contributed by atoms with van der Waals surface area (Å²) in [5.41, 5.74) is 0.879. The van der Waals surface area contributed by atoms with Gasteiger partial charge in [0, 0.05) is 27.5 Å². The number of ether oxygens (including phenoxy) is 2. The molecule has 0 saturated carbocycles. The second-order valence-corrected chi connectivity index (χ2v) is 5.90. The van der Waals surface area contributed by atoms with E-state index in [2.05, 4.69) is 5.32 Å². The number of nitro groups is 1. The Hall–Kier alpha value is -2.36. The fourth-order valence-corrected chi connectivity index (χ4v) is 2.87. The fourth-order valence-electron chi connectivity index (χ4n) is 2.12. The Labute approximate surface area is 144 Å². The summed E-state index contributed by atoms with van der Waals surface area (Å²) in [6, 6.07) is 9.23. The molecule has 0 spiro atoms. The minimum Gasteiger partial charge on any atom is -0.486 e. The van der Waals surface area contributed by atoms with Gasteiger partial charge in [-0.1, -0.05) is 0 Å². The van der Waals surface area contributed by atoms with Gasteiger partial charge in [-0.3, -0.25) is 14.9 Å². The summed E-state index contributed by atoms with van der Waals surface area (Å²) in [5, 5.41) is 13.5. The molecule has 1 aliphatic heterocycles. The molecule has 3 rings (SSSR count). The summed E-state index contributed by atoms with van der Waals surface area (Å²) in [6.45, 7) is 0.963. The highest BCUT2D eigenvalue weighted by Gasteiger charge is 2.16. The third-order valence-electron chi connectivity index (χ3n) is 3.21. The number of nitro benzene ring substituents is 1. The molecule has 0 atom stereocenters. The van der Waals surface area contributed by atoms with Crippen molar-refractivity contribution in [3.63, 3.8) is 0 Å². The number of carbonyl (C=O) groups is 1. The van der Waals surface area contributed by atoms with Crippen molar-refractivity contribution in [1.29, 1.82) is 0 Å². The van der Waals surface area contributed by atoms with Gasteiger partial charge in [0.2, 0.25) is 0 Å². The zero-order valence-corrected chi connectivity index (χ0v) is 13.9. The topological polar surface area (TPSA) is 90.7 Å². The number of fused-ring (bicyclic) bond motifs is 1. The van der Waals surface area contributed by atoms with E-state index >= 15 is 0 Å². The molecule has 1 N–H and O–H groups in total. The average molecular weight is 426 g/mol. The molecular weight excluding hydrogens is 415 g/mol. The van der Waals surface area contributed by atoms with Gasteiger partial charge >= 0.3 is 0 Å². The minimum atomic E-state index is -0.495. The highest BCUT2D eigenvalue weighted by molar-refractivity contribution is 14.1. The second kappa shape index (κ2) is 6.41. The number of carbonyl (C=O) groups excluding carboxylic acids is 1. The van der Waals surface area contributed by atoms with Crippen LogP contribution in [0.4, 0.5) is 11.4 Å². The number of nitrogens with zero attached hydrogens (tertiary/aromatic N) is 1. The van der Waals surface area contributed by atoms with Crippen molar-refractivity contribution in [2.45, 2.75) is 0 Å². The Bertz CT molecular complexity index is 793. The quantitative estimate of drug-likeness (QED) is 0.463. The third kappa shape index (κ3) is 3.36. The van der Waals surface area contributed by atoms with Crippen molar-refractivity contribution in [3.05, 3.63) is 55.6 Å². The SMILES string of the molecule is O=C(Nc1ccc2c(c1)OCCO2)c1ccc([N+](=O)[O-])cc1I. The van der Waals surface area contributed by atoms with Crippen molar-refractivity contribution in [2.24, 2.45) is 0 Å². The zero-order chi connectivity index (χ0) is 16.4. The van der Waals surface area contributed by atoms with E-state index in [1.165, 1.54) is 18.2 Å². The predicted molar refractivity (Wildman–Crippen MR) is 91.2 cm³/mol. The van der Waals surface area contributed by atoms with Crippen LogP contribution in [0.3, 0.4) is 0 Å². The van der Waals surface area contributed by atoms with Crippen molar-refractivity contribution in [1.82, 2.24) is 0 Å². The minimum absolute atomic E-state index is 0.0507. The molecule has 0 unspecified atom stereocenters. The second-order valence-electron chi connectivity index (χ2n) is 4.73. The fraction of sp³-hybridized carbons (Fsp3) is 0.133. The number of non-ortho nitro benzene ring substituents is 1. The van der Waals surface area contributed by atoms with Crippen LogP contribution in [0.15, 0.2) is 36.4 Å². The largest absolute Gasteiger partial charge is 0.486 e. The number of anilines is 1. The van der Waals surface area contributed by atoms with Gasteiger partial charge in [-0.15, -0.1) is 0 Å². The summed E-state index contributed by atoms with van der Waals surface area (Å²) in [6.07, 6.45) is 0. The Balaban J connectivity index is 1.80. The van der Waals surface area contributed by atoms with E-state index in [0.29, 0.717) is 39.5 Å². The van der Waals surface area contributed by atoms with Gasteiger partial charge in [0.25, 0.3) is 11.6 Å². The number of hydrogen-bond acceptors (Lipinski definition) is 5. The van der Waals surface area contributed by atoms with Crippen LogP contribution in [0, 0.1) is 13.7 Å². The van der Waals surface area contributed by atoms with Crippen LogP contribution in [-0.2, 0) is 0 Å². The van der Waals surface area contributed by atoms with Crippen molar-refractivity contribution in [3.8, 4) is 11.5 Å². The first-order chi connectivity index (χ1) is 11.0. The van der Waals surface area contributed by atoms with E-state index in [1.807, 2.05) is 22.6 Å². The molecule has 0 radical (unpaired) electrons. The summed E-state index contributed by atoms with van der Waals surface area (Å²) in [7, 11) is 0. The number of nitrogens with one attached hydrogen (secondary N) is 1. The molecule has 0 aromatic heterocycles. The maximum absolute atomic E-state index is 12.3.